The summed E-state index contributed by atoms with van der Waals surface area (Å²) >= 11 is 0. The Kier molecular flexibility index (Phi) is 5.60. The van der Waals surface area contributed by atoms with Gasteiger partial charge in [-0.25, -0.2) is 4.57 Å². The molecule has 0 bridgehead atoms. The topological polar surface area (TPSA) is 32.8 Å². The fourth-order valence-corrected chi connectivity index (χ4v) is 1.05. The summed E-state index contributed by atoms with van der Waals surface area (Å²) < 4.78 is 14.7. The summed E-state index contributed by atoms with van der Waals surface area (Å²) in [7, 11) is 7.56. The highest BCUT2D eigenvalue weighted by Crippen LogP contribution is 2.02. The van der Waals surface area contributed by atoms with E-state index in [0.29, 0.717) is 6.61 Å². The van der Waals surface area contributed by atoms with E-state index in [1.54, 1.807) is 0 Å². The molecule has 0 N–H and O–H groups in total. The standard InChI is InChI=1S/C6H15N2O2P/c1-7(2)6(8(3)4)5-10-11-9/h6H,5H2,1-4H3. The fourth-order valence-electron chi connectivity index (χ4n) is 0.857. The zero-order chi connectivity index (χ0) is 8.85. The van der Waals surface area contributed by atoms with Crippen LogP contribution in [0.1, 0.15) is 0 Å². The highest BCUT2D eigenvalue weighted by molar-refractivity contribution is 7.17. The summed E-state index contributed by atoms with van der Waals surface area (Å²) in [5.74, 6) is 0. The van der Waals surface area contributed by atoms with E-state index in [1.165, 1.54) is 0 Å². The lowest BCUT2D eigenvalue weighted by molar-refractivity contribution is 0.0805. The summed E-state index contributed by atoms with van der Waals surface area (Å²) in [5, 5.41) is 0. The minimum Gasteiger partial charge on any atom is -0.292 e. The van der Waals surface area contributed by atoms with E-state index in [-0.39, 0.29) is 14.9 Å². The van der Waals surface area contributed by atoms with E-state index in [2.05, 4.69) is 0 Å². The van der Waals surface area contributed by atoms with Crippen molar-refractivity contribution in [1.29, 1.82) is 0 Å². The van der Waals surface area contributed by atoms with Crippen LogP contribution in [0.25, 0.3) is 0 Å². The van der Waals surface area contributed by atoms with Crippen LogP contribution in [0.3, 0.4) is 0 Å². The number of hydrogen-bond donors (Lipinski definition) is 0. The molecule has 5 heteroatoms. The lowest BCUT2D eigenvalue weighted by atomic mass is 10.4. The van der Waals surface area contributed by atoms with Gasteiger partial charge in [0.05, 0.1) is 12.8 Å². The molecule has 0 aliphatic carbocycles. The molecule has 0 heterocycles. The van der Waals surface area contributed by atoms with Gasteiger partial charge in [0.2, 0.25) is 0 Å². The Hall–Kier alpha value is -0.0200. The van der Waals surface area contributed by atoms with Crippen LogP contribution in [0.4, 0.5) is 0 Å². The summed E-state index contributed by atoms with van der Waals surface area (Å²) in [4.78, 5) is 4.01. The first-order valence-electron chi connectivity index (χ1n) is 3.37. The van der Waals surface area contributed by atoms with Gasteiger partial charge in [-0.15, -0.1) is 0 Å². The van der Waals surface area contributed by atoms with Gasteiger partial charge >= 0.3 is 8.69 Å². The predicted octanol–water partition coefficient (Wildman–Crippen LogP) is 0.659. The summed E-state index contributed by atoms with van der Waals surface area (Å²) in [6.07, 6.45) is 0.177. The van der Waals surface area contributed by atoms with Crippen molar-refractivity contribution in [2.45, 2.75) is 6.17 Å². The highest BCUT2D eigenvalue weighted by Gasteiger charge is 2.13. The first-order chi connectivity index (χ1) is 5.09. The van der Waals surface area contributed by atoms with Crippen LogP contribution >= 0.6 is 8.69 Å². The van der Waals surface area contributed by atoms with Crippen molar-refractivity contribution in [3.05, 3.63) is 0 Å². The maximum atomic E-state index is 9.99. The monoisotopic (exact) mass is 178 g/mol. The number of likely N-dealkylation sites (N-methyl/N-ethyl adjacent to an activating group) is 2. The van der Waals surface area contributed by atoms with E-state index < -0.39 is 0 Å². The van der Waals surface area contributed by atoms with Gasteiger partial charge in [0.1, 0.15) is 0 Å². The van der Waals surface area contributed by atoms with Crippen molar-refractivity contribution < 1.29 is 9.09 Å². The third-order valence-corrected chi connectivity index (χ3v) is 1.72. The zero-order valence-electron chi connectivity index (χ0n) is 7.44. The summed E-state index contributed by atoms with van der Waals surface area (Å²) in [6.45, 7) is 0.449. The molecule has 0 saturated heterocycles. The van der Waals surface area contributed by atoms with E-state index in [0.717, 1.165) is 0 Å². The molecule has 0 fully saturated rings. The largest absolute Gasteiger partial charge is 0.327 e. The molecule has 0 saturated carbocycles. The maximum absolute atomic E-state index is 9.99. The molecule has 0 radical (unpaired) electrons. The second-order valence-corrected chi connectivity index (χ2v) is 3.19. The lowest BCUT2D eigenvalue weighted by Gasteiger charge is -2.28. The van der Waals surface area contributed by atoms with Gasteiger partial charge in [-0.1, -0.05) is 0 Å². The number of hydrogen-bond acceptors (Lipinski definition) is 4. The Morgan fingerprint density at radius 3 is 2.00 bits per heavy atom. The molecule has 0 aromatic rings. The van der Waals surface area contributed by atoms with Crippen LogP contribution in [0.15, 0.2) is 0 Å². The van der Waals surface area contributed by atoms with Crippen molar-refractivity contribution in [1.82, 2.24) is 9.80 Å². The summed E-state index contributed by atoms with van der Waals surface area (Å²) in [5.41, 5.74) is 0. The molecular weight excluding hydrogens is 163 g/mol. The number of rotatable bonds is 5. The van der Waals surface area contributed by atoms with Gasteiger partial charge in [0.25, 0.3) is 0 Å². The van der Waals surface area contributed by atoms with Gasteiger partial charge in [-0.3, -0.25) is 14.3 Å². The molecule has 0 aliphatic rings. The Labute approximate surface area is 69.4 Å². The molecule has 0 aromatic heterocycles. The second-order valence-electron chi connectivity index (χ2n) is 2.78. The quantitative estimate of drug-likeness (QED) is 0.457. The molecule has 0 spiro atoms. The van der Waals surface area contributed by atoms with E-state index >= 15 is 0 Å². The molecule has 4 nitrogen and oxygen atoms in total. The SMILES string of the molecule is CN(C)C(COP=O)N(C)C. The van der Waals surface area contributed by atoms with E-state index in [9.17, 15) is 4.57 Å². The highest BCUT2D eigenvalue weighted by atomic mass is 31.1. The molecule has 0 rings (SSSR count). The van der Waals surface area contributed by atoms with Gasteiger partial charge in [-0.05, 0) is 28.2 Å². The Morgan fingerprint density at radius 1 is 1.27 bits per heavy atom. The predicted molar refractivity (Wildman–Crippen MR) is 44.7 cm³/mol. The average molecular weight is 178 g/mol. The Bertz CT molecular complexity index is 111. The lowest BCUT2D eigenvalue weighted by Crippen LogP contribution is -2.43. The van der Waals surface area contributed by atoms with E-state index in [4.69, 9.17) is 4.52 Å². The van der Waals surface area contributed by atoms with Crippen molar-refractivity contribution in [3.63, 3.8) is 0 Å². The summed E-state index contributed by atoms with van der Waals surface area (Å²) in [6, 6.07) is 0. The molecule has 0 aliphatic heterocycles. The zero-order valence-corrected chi connectivity index (χ0v) is 8.34. The molecule has 66 valence electrons. The average Bonchev–Trinajstić information content (AvgIpc) is 1.87. The Balaban J connectivity index is 3.79. The number of nitrogens with zero attached hydrogens (tertiary/aromatic N) is 2. The van der Waals surface area contributed by atoms with Gasteiger partial charge in [-0.2, -0.15) is 0 Å². The maximum Gasteiger partial charge on any atom is 0.327 e. The Morgan fingerprint density at radius 2 is 1.73 bits per heavy atom. The molecule has 0 unspecified atom stereocenters. The minimum absolute atomic E-state index is 0.177. The minimum atomic E-state index is -0.253. The van der Waals surface area contributed by atoms with Crippen LogP contribution in [-0.4, -0.2) is 50.8 Å². The van der Waals surface area contributed by atoms with Gasteiger partial charge < -0.3 is 0 Å². The normalized spacial score (nSPS) is 12.3. The van der Waals surface area contributed by atoms with Crippen LogP contribution in [0.5, 0.6) is 0 Å². The third-order valence-electron chi connectivity index (χ3n) is 1.47. The molecule has 0 aromatic carbocycles. The first kappa shape index (κ1) is 11.0. The van der Waals surface area contributed by atoms with E-state index in [1.807, 2.05) is 38.0 Å². The van der Waals surface area contributed by atoms with Crippen LogP contribution in [-0.2, 0) is 9.09 Å². The van der Waals surface area contributed by atoms with Crippen molar-refractivity contribution >= 4 is 8.69 Å². The third kappa shape index (κ3) is 4.43. The van der Waals surface area contributed by atoms with Crippen molar-refractivity contribution in [2.24, 2.45) is 0 Å². The molecule has 0 amide bonds. The molecule has 11 heavy (non-hydrogen) atoms. The molecular formula is C6H15N2O2P. The van der Waals surface area contributed by atoms with Crippen LogP contribution in [0, 0.1) is 0 Å². The van der Waals surface area contributed by atoms with Crippen LogP contribution < -0.4 is 0 Å². The van der Waals surface area contributed by atoms with Crippen molar-refractivity contribution in [2.75, 3.05) is 34.8 Å². The fraction of sp³-hybridized carbons (Fsp3) is 1.00. The smallest absolute Gasteiger partial charge is 0.292 e. The first-order valence-corrected chi connectivity index (χ1v) is 4.10. The van der Waals surface area contributed by atoms with Gasteiger partial charge in [0.15, 0.2) is 0 Å². The molecule has 0 atom stereocenters. The van der Waals surface area contributed by atoms with Crippen LogP contribution in [0.2, 0.25) is 0 Å². The van der Waals surface area contributed by atoms with Crippen molar-refractivity contribution in [3.8, 4) is 0 Å². The second kappa shape index (κ2) is 5.61. The van der Waals surface area contributed by atoms with Gasteiger partial charge in [0, 0.05) is 0 Å².